The third kappa shape index (κ3) is 1.54. The number of esters is 1. The van der Waals surface area contributed by atoms with Crippen LogP contribution in [0.1, 0.15) is 31.9 Å². The van der Waals surface area contributed by atoms with E-state index in [2.05, 4.69) is 38.1 Å². The zero-order valence-electron chi connectivity index (χ0n) is 11.5. The molecule has 1 spiro atoms. The monoisotopic (exact) mass is 258 g/mol. The Hall–Kier alpha value is -1.77. The fourth-order valence-corrected chi connectivity index (χ4v) is 3.43. The summed E-state index contributed by atoms with van der Waals surface area (Å²) in [5, 5.41) is 0. The van der Waals surface area contributed by atoms with Gasteiger partial charge in [0.25, 0.3) is 6.29 Å². The van der Waals surface area contributed by atoms with Crippen LogP contribution in [0.3, 0.4) is 0 Å². The number of carbonyl (C=O) groups is 1. The fraction of sp³-hybridized carbons (Fsp3) is 0.438. The van der Waals surface area contributed by atoms with Gasteiger partial charge in [0.1, 0.15) is 0 Å². The Labute approximate surface area is 113 Å². The van der Waals surface area contributed by atoms with Gasteiger partial charge in [0.05, 0.1) is 11.7 Å². The summed E-state index contributed by atoms with van der Waals surface area (Å²) in [6, 6.07) is 8.40. The molecule has 1 aromatic carbocycles. The Balaban J connectivity index is 2.07. The highest BCUT2D eigenvalue weighted by molar-refractivity contribution is 5.66. The number of carbonyl (C=O) groups excluding carboxylic acids is 1. The summed E-state index contributed by atoms with van der Waals surface area (Å²) in [4.78, 5) is 11.3. The van der Waals surface area contributed by atoms with Gasteiger partial charge in [-0.15, -0.1) is 0 Å². The zero-order chi connectivity index (χ0) is 13.7. The summed E-state index contributed by atoms with van der Waals surface area (Å²) in [7, 11) is 0. The van der Waals surface area contributed by atoms with Crippen molar-refractivity contribution >= 4 is 5.97 Å². The Morgan fingerprint density at radius 2 is 2.11 bits per heavy atom. The second kappa shape index (κ2) is 3.86. The van der Waals surface area contributed by atoms with E-state index in [1.165, 1.54) is 18.1 Å². The summed E-state index contributed by atoms with van der Waals surface area (Å²) in [5.41, 5.74) is 2.18. The number of rotatable bonds is 1. The van der Waals surface area contributed by atoms with Crippen LogP contribution in [0.5, 0.6) is 0 Å². The van der Waals surface area contributed by atoms with Crippen LogP contribution in [-0.4, -0.2) is 12.3 Å². The molecular weight excluding hydrogens is 240 g/mol. The maximum Gasteiger partial charge on any atom is 0.305 e. The van der Waals surface area contributed by atoms with E-state index < -0.39 is 6.29 Å². The highest BCUT2D eigenvalue weighted by Gasteiger charge is 2.59. The van der Waals surface area contributed by atoms with Crippen molar-refractivity contribution < 1.29 is 14.3 Å². The first-order valence-corrected chi connectivity index (χ1v) is 6.56. The van der Waals surface area contributed by atoms with Crippen LogP contribution in [0, 0.1) is 5.41 Å². The van der Waals surface area contributed by atoms with Gasteiger partial charge in [-0.2, -0.15) is 0 Å². The summed E-state index contributed by atoms with van der Waals surface area (Å²) >= 11 is 0. The molecule has 0 N–H and O–H groups in total. The molecule has 100 valence electrons. The maximum absolute atomic E-state index is 11.3. The molecule has 1 heterocycles. The van der Waals surface area contributed by atoms with Crippen LogP contribution in [-0.2, 0) is 26.1 Å². The van der Waals surface area contributed by atoms with Crippen molar-refractivity contribution in [2.24, 2.45) is 5.41 Å². The summed E-state index contributed by atoms with van der Waals surface area (Å²) in [6.45, 7) is 5.80. The molecule has 0 bridgehead atoms. The van der Waals surface area contributed by atoms with Gasteiger partial charge in [-0.25, -0.2) is 0 Å². The second-order valence-electron chi connectivity index (χ2n) is 5.88. The first-order chi connectivity index (χ1) is 8.97. The largest absolute Gasteiger partial charge is 0.462 e. The van der Waals surface area contributed by atoms with Gasteiger partial charge in [-0.05, 0) is 23.6 Å². The molecule has 0 fully saturated rings. The molecular formula is C16H18O3. The number of benzene rings is 1. The molecule has 1 aromatic rings. The van der Waals surface area contributed by atoms with Gasteiger partial charge in [0.2, 0.25) is 0 Å². The molecule has 3 heteroatoms. The molecule has 0 amide bonds. The zero-order valence-corrected chi connectivity index (χ0v) is 11.5. The highest BCUT2D eigenvalue weighted by atomic mass is 16.7. The van der Waals surface area contributed by atoms with E-state index >= 15 is 0 Å². The van der Waals surface area contributed by atoms with Crippen LogP contribution >= 0.6 is 0 Å². The molecule has 1 aliphatic carbocycles. The van der Waals surface area contributed by atoms with E-state index in [9.17, 15) is 4.79 Å². The molecule has 3 rings (SSSR count). The van der Waals surface area contributed by atoms with Gasteiger partial charge < -0.3 is 9.47 Å². The molecule has 0 aromatic heterocycles. The van der Waals surface area contributed by atoms with E-state index in [1.54, 1.807) is 6.26 Å². The number of ether oxygens (including phenoxy) is 2. The maximum atomic E-state index is 11.3. The quantitative estimate of drug-likeness (QED) is 0.726. The Bertz CT molecular complexity index is 559. The first kappa shape index (κ1) is 12.3. The van der Waals surface area contributed by atoms with Crippen molar-refractivity contribution in [1.29, 1.82) is 0 Å². The van der Waals surface area contributed by atoms with Gasteiger partial charge in [0.15, 0.2) is 0 Å². The summed E-state index contributed by atoms with van der Waals surface area (Å²) < 4.78 is 10.9. The molecule has 1 aliphatic heterocycles. The van der Waals surface area contributed by atoms with E-state index in [0.717, 1.165) is 6.42 Å². The lowest BCUT2D eigenvalue weighted by Crippen LogP contribution is -2.46. The van der Waals surface area contributed by atoms with Gasteiger partial charge in [0, 0.05) is 12.3 Å². The van der Waals surface area contributed by atoms with E-state index in [4.69, 9.17) is 9.47 Å². The predicted octanol–water partition coefficient (Wildman–Crippen LogP) is 2.94. The second-order valence-corrected chi connectivity index (χ2v) is 5.88. The number of hydrogen-bond acceptors (Lipinski definition) is 3. The number of hydrogen-bond donors (Lipinski definition) is 0. The summed E-state index contributed by atoms with van der Waals surface area (Å²) in [6.07, 6.45) is 4.03. The first-order valence-electron chi connectivity index (χ1n) is 6.56. The van der Waals surface area contributed by atoms with Crippen LogP contribution < -0.4 is 0 Å². The molecule has 0 radical (unpaired) electrons. The third-order valence-electron chi connectivity index (χ3n) is 4.60. The predicted molar refractivity (Wildman–Crippen MR) is 71.4 cm³/mol. The van der Waals surface area contributed by atoms with E-state index in [-0.39, 0.29) is 16.8 Å². The van der Waals surface area contributed by atoms with Crippen molar-refractivity contribution in [2.45, 2.75) is 38.9 Å². The molecule has 0 unspecified atom stereocenters. The highest BCUT2D eigenvalue weighted by Crippen LogP contribution is 2.57. The van der Waals surface area contributed by atoms with Crippen LogP contribution in [0.4, 0.5) is 0 Å². The lowest BCUT2D eigenvalue weighted by Gasteiger charge is -2.40. The minimum absolute atomic E-state index is 0.128. The van der Waals surface area contributed by atoms with Gasteiger partial charge >= 0.3 is 5.97 Å². The lowest BCUT2D eigenvalue weighted by atomic mass is 9.66. The Morgan fingerprint density at radius 1 is 1.37 bits per heavy atom. The smallest absolute Gasteiger partial charge is 0.305 e. The fourth-order valence-electron chi connectivity index (χ4n) is 3.43. The average molecular weight is 258 g/mol. The van der Waals surface area contributed by atoms with Crippen LogP contribution in [0.25, 0.3) is 0 Å². The molecule has 3 nitrogen and oxygen atoms in total. The van der Waals surface area contributed by atoms with Gasteiger partial charge in [-0.1, -0.05) is 38.1 Å². The van der Waals surface area contributed by atoms with Crippen molar-refractivity contribution in [3.8, 4) is 0 Å². The minimum Gasteiger partial charge on any atom is -0.462 e. The third-order valence-corrected chi connectivity index (χ3v) is 4.60. The topological polar surface area (TPSA) is 35.5 Å². The van der Waals surface area contributed by atoms with E-state index in [0.29, 0.717) is 0 Å². The lowest BCUT2D eigenvalue weighted by molar-refractivity contribution is -0.184. The van der Waals surface area contributed by atoms with Crippen LogP contribution in [0.15, 0.2) is 36.6 Å². The number of fused-ring (bicyclic) bond motifs is 1. The summed E-state index contributed by atoms with van der Waals surface area (Å²) in [5.74, 6) is -0.306. The van der Waals surface area contributed by atoms with Crippen molar-refractivity contribution in [2.75, 3.05) is 0 Å². The molecule has 2 aliphatic rings. The van der Waals surface area contributed by atoms with E-state index in [1.807, 2.05) is 6.07 Å². The van der Waals surface area contributed by atoms with Gasteiger partial charge in [-0.3, -0.25) is 4.79 Å². The van der Waals surface area contributed by atoms with Crippen molar-refractivity contribution in [3.63, 3.8) is 0 Å². The minimum atomic E-state index is -0.535. The van der Waals surface area contributed by atoms with Crippen molar-refractivity contribution in [1.82, 2.24) is 0 Å². The SMILES string of the molecule is CC(=O)O[C@@H]1OC=C[C@]12Cc1ccccc1C2(C)C. The Morgan fingerprint density at radius 3 is 2.79 bits per heavy atom. The average Bonchev–Trinajstić information content (AvgIpc) is 2.82. The molecule has 0 saturated heterocycles. The molecule has 2 atom stereocenters. The van der Waals surface area contributed by atoms with Crippen molar-refractivity contribution in [3.05, 3.63) is 47.7 Å². The normalized spacial score (nSPS) is 30.2. The Kier molecular flexibility index (Phi) is 2.49. The van der Waals surface area contributed by atoms with Crippen LogP contribution in [0.2, 0.25) is 0 Å². The standard InChI is InChI=1S/C16H18O3/c1-11(17)19-14-16(8-9-18-14)10-12-6-4-5-7-13(12)15(16,2)3/h4-9,14H,10H2,1-3H3/t14-,16-/m0/s1. The molecule has 19 heavy (non-hydrogen) atoms. The molecule has 0 saturated carbocycles.